The van der Waals surface area contributed by atoms with Gasteiger partial charge in [-0.25, -0.2) is 0 Å². The highest BCUT2D eigenvalue weighted by Crippen LogP contribution is 2.27. The molecular weight excluding hydrogens is 422 g/mol. The lowest BCUT2D eigenvalue weighted by Gasteiger charge is -2.32. The van der Waals surface area contributed by atoms with Crippen molar-refractivity contribution >= 4 is 12.7 Å². The number of carbonyl (C=O) groups excluding carboxylic acids is 2. The van der Waals surface area contributed by atoms with E-state index in [-0.39, 0.29) is 6.10 Å². The van der Waals surface area contributed by atoms with Gasteiger partial charge in [-0.05, 0) is 74.2 Å². The maximum Gasteiger partial charge on any atom is 0.214 e. The average molecular weight is 468 g/mol. The molecule has 1 aliphatic heterocycles. The van der Waals surface area contributed by atoms with E-state index in [9.17, 15) is 9.59 Å². The summed E-state index contributed by atoms with van der Waals surface area (Å²) in [5.74, 6) is 1.62. The van der Waals surface area contributed by atoms with Crippen molar-refractivity contribution in [3.05, 3.63) is 71.7 Å². The zero-order valence-electron chi connectivity index (χ0n) is 22.0. The van der Waals surface area contributed by atoms with Gasteiger partial charge in [-0.2, -0.15) is 0 Å². The van der Waals surface area contributed by atoms with E-state index in [0.29, 0.717) is 24.8 Å². The Bertz CT molecular complexity index is 815. The van der Waals surface area contributed by atoms with Crippen molar-refractivity contribution in [2.45, 2.75) is 85.7 Å². The predicted molar refractivity (Wildman–Crippen MR) is 143 cm³/mol. The fourth-order valence-corrected chi connectivity index (χ4v) is 4.26. The number of allylic oxidation sites excluding steroid dienone is 9. The molecule has 1 heterocycles. The SMILES string of the molecule is C=C/C(=C\C=C(/C)C(=C)/C=C\C1=C(C)OC(CCC)CN1C=O)C(CCC)CC[C@@H](C)CC=O. The Hall–Kier alpha value is -2.62. The molecule has 188 valence electrons. The molecule has 2 unspecified atom stereocenters. The van der Waals surface area contributed by atoms with E-state index in [0.717, 1.165) is 73.8 Å². The molecule has 0 bridgehead atoms. The highest BCUT2D eigenvalue weighted by atomic mass is 16.5. The molecule has 4 heteroatoms. The van der Waals surface area contributed by atoms with Crippen LogP contribution in [0.25, 0.3) is 0 Å². The molecule has 0 N–H and O–H groups in total. The summed E-state index contributed by atoms with van der Waals surface area (Å²) in [6.07, 6.45) is 18.9. The zero-order valence-corrected chi connectivity index (χ0v) is 22.0. The lowest BCUT2D eigenvalue weighted by Crippen LogP contribution is -2.37. The molecule has 1 rings (SSSR count). The van der Waals surface area contributed by atoms with Crippen molar-refractivity contribution in [1.82, 2.24) is 4.90 Å². The van der Waals surface area contributed by atoms with Gasteiger partial charge in [-0.1, -0.05) is 71.1 Å². The molecule has 1 amide bonds. The Balaban J connectivity index is 2.95. The molecule has 0 fully saturated rings. The summed E-state index contributed by atoms with van der Waals surface area (Å²) in [5.41, 5.74) is 3.94. The fraction of sp³-hybridized carbons (Fsp3) is 0.533. The van der Waals surface area contributed by atoms with Crippen LogP contribution in [0.5, 0.6) is 0 Å². The first kappa shape index (κ1) is 29.4. The Morgan fingerprint density at radius 1 is 1.18 bits per heavy atom. The predicted octanol–water partition coefficient (Wildman–Crippen LogP) is 7.47. The quantitative estimate of drug-likeness (QED) is 0.175. The van der Waals surface area contributed by atoms with Crippen molar-refractivity contribution in [2.24, 2.45) is 11.8 Å². The van der Waals surface area contributed by atoms with Gasteiger partial charge in [0.25, 0.3) is 0 Å². The molecule has 34 heavy (non-hydrogen) atoms. The van der Waals surface area contributed by atoms with Gasteiger partial charge in [0.2, 0.25) is 6.41 Å². The second kappa shape index (κ2) is 16.1. The van der Waals surface area contributed by atoms with Gasteiger partial charge in [0, 0.05) is 6.42 Å². The van der Waals surface area contributed by atoms with E-state index in [4.69, 9.17) is 4.74 Å². The minimum absolute atomic E-state index is 0.0529. The number of rotatable bonds is 16. The van der Waals surface area contributed by atoms with E-state index in [2.05, 4.69) is 46.1 Å². The van der Waals surface area contributed by atoms with E-state index in [1.54, 1.807) is 4.90 Å². The third-order valence-corrected chi connectivity index (χ3v) is 6.48. The van der Waals surface area contributed by atoms with Crippen molar-refractivity contribution < 1.29 is 14.3 Å². The number of nitrogens with zero attached hydrogens (tertiary/aromatic N) is 1. The number of carbonyl (C=O) groups is 2. The number of amides is 1. The van der Waals surface area contributed by atoms with Crippen molar-refractivity contribution in [3.8, 4) is 0 Å². The number of ether oxygens (including phenoxy) is 1. The van der Waals surface area contributed by atoms with Crippen LogP contribution < -0.4 is 0 Å². The second-order valence-electron chi connectivity index (χ2n) is 9.38. The van der Waals surface area contributed by atoms with E-state index >= 15 is 0 Å². The minimum Gasteiger partial charge on any atom is -0.491 e. The first-order valence-electron chi connectivity index (χ1n) is 12.7. The Labute approximate surface area is 207 Å². The lowest BCUT2D eigenvalue weighted by molar-refractivity contribution is -0.119. The molecule has 0 aromatic rings. The van der Waals surface area contributed by atoms with Crippen molar-refractivity contribution in [1.29, 1.82) is 0 Å². The van der Waals surface area contributed by atoms with Gasteiger partial charge in [-0.3, -0.25) is 4.79 Å². The van der Waals surface area contributed by atoms with Gasteiger partial charge >= 0.3 is 0 Å². The summed E-state index contributed by atoms with van der Waals surface area (Å²) >= 11 is 0. The van der Waals surface area contributed by atoms with Gasteiger partial charge in [-0.15, -0.1) is 0 Å². The topological polar surface area (TPSA) is 46.6 Å². The van der Waals surface area contributed by atoms with Crippen LogP contribution in [-0.4, -0.2) is 30.2 Å². The molecule has 0 aliphatic carbocycles. The highest BCUT2D eigenvalue weighted by Gasteiger charge is 2.24. The first-order valence-corrected chi connectivity index (χ1v) is 12.7. The zero-order chi connectivity index (χ0) is 25.5. The summed E-state index contributed by atoms with van der Waals surface area (Å²) < 4.78 is 6.01. The van der Waals surface area contributed by atoms with Crippen LogP contribution in [0.15, 0.2) is 71.7 Å². The van der Waals surface area contributed by atoms with Crippen molar-refractivity contribution in [2.75, 3.05) is 6.54 Å². The van der Waals surface area contributed by atoms with Crippen LogP contribution in [0.1, 0.15) is 79.6 Å². The minimum atomic E-state index is 0.0529. The summed E-state index contributed by atoms with van der Waals surface area (Å²) in [6.45, 7) is 19.2. The molecule has 4 nitrogen and oxygen atoms in total. The molecule has 3 atom stereocenters. The average Bonchev–Trinajstić information content (AvgIpc) is 2.81. The van der Waals surface area contributed by atoms with Crippen LogP contribution >= 0.6 is 0 Å². The van der Waals surface area contributed by atoms with Crippen LogP contribution in [0.4, 0.5) is 0 Å². The van der Waals surface area contributed by atoms with Crippen LogP contribution in [0, 0.1) is 11.8 Å². The van der Waals surface area contributed by atoms with Gasteiger partial charge in [0.05, 0.1) is 12.2 Å². The summed E-state index contributed by atoms with van der Waals surface area (Å²) in [5, 5.41) is 0. The molecule has 0 aromatic heterocycles. The Kier molecular flexibility index (Phi) is 13.9. The van der Waals surface area contributed by atoms with Gasteiger partial charge < -0.3 is 14.4 Å². The number of aldehydes is 1. The van der Waals surface area contributed by atoms with Crippen LogP contribution in [0.3, 0.4) is 0 Å². The van der Waals surface area contributed by atoms with Gasteiger partial charge in [0.1, 0.15) is 18.1 Å². The van der Waals surface area contributed by atoms with E-state index in [1.165, 1.54) is 5.57 Å². The number of hydrogen-bond acceptors (Lipinski definition) is 3. The number of hydrogen-bond donors (Lipinski definition) is 0. The smallest absolute Gasteiger partial charge is 0.214 e. The first-order chi connectivity index (χ1) is 16.3. The maximum atomic E-state index is 11.6. The Morgan fingerprint density at radius 3 is 2.50 bits per heavy atom. The molecule has 0 radical (unpaired) electrons. The largest absolute Gasteiger partial charge is 0.491 e. The lowest BCUT2D eigenvalue weighted by atomic mass is 9.86. The molecule has 1 aliphatic rings. The fourth-order valence-electron chi connectivity index (χ4n) is 4.26. The highest BCUT2D eigenvalue weighted by molar-refractivity contribution is 5.55. The normalized spacial score (nSPS) is 19.1. The monoisotopic (exact) mass is 467 g/mol. The molecular formula is C30H45NO3. The third kappa shape index (κ3) is 9.70. The van der Waals surface area contributed by atoms with Crippen LogP contribution in [-0.2, 0) is 14.3 Å². The third-order valence-electron chi connectivity index (χ3n) is 6.48. The maximum absolute atomic E-state index is 11.6. The van der Waals surface area contributed by atoms with E-state index in [1.807, 2.05) is 32.1 Å². The molecule has 0 aromatic carbocycles. The van der Waals surface area contributed by atoms with Gasteiger partial charge in [0.15, 0.2) is 0 Å². The molecule has 0 saturated carbocycles. The standard InChI is InChI=1S/C30H45NO3/c1-8-11-28(16-13-23(4)19-20-32)27(10-3)17-14-24(5)25(6)15-18-30-26(7)34-29(12-9-2)21-31(30)22-33/h10,14-15,17-18,20,22-23,28-29H,3,6,8-9,11-13,16,19,21H2,1-2,4-5,7H3/b18-15-,24-14+,27-17+/t23-,28?,29?/m1/s1. The van der Waals surface area contributed by atoms with E-state index < -0.39 is 0 Å². The molecule has 0 spiro atoms. The summed E-state index contributed by atoms with van der Waals surface area (Å²) in [7, 11) is 0. The second-order valence-corrected chi connectivity index (χ2v) is 9.38. The van der Waals surface area contributed by atoms with Crippen LogP contribution in [0.2, 0.25) is 0 Å². The Morgan fingerprint density at radius 2 is 1.91 bits per heavy atom. The molecule has 0 saturated heterocycles. The summed E-state index contributed by atoms with van der Waals surface area (Å²) in [6, 6.07) is 0. The van der Waals surface area contributed by atoms with Crippen molar-refractivity contribution in [3.63, 3.8) is 0 Å². The summed E-state index contributed by atoms with van der Waals surface area (Å²) in [4.78, 5) is 24.1.